The van der Waals surface area contributed by atoms with Gasteiger partial charge in [0.25, 0.3) is 5.56 Å². The SMILES string of the molecule is Cc1ccc(-c2c(C)c(-c3ccc(C)c(C)c3)cc(=O)n2C(CC(C)(C)C)C(=O)O)cc1. The summed E-state index contributed by atoms with van der Waals surface area (Å²) in [4.78, 5) is 25.9. The molecule has 4 heteroatoms. The molecule has 168 valence electrons. The minimum absolute atomic E-state index is 0.256. The number of aromatic nitrogens is 1. The van der Waals surface area contributed by atoms with Crippen molar-refractivity contribution < 1.29 is 9.90 Å². The molecule has 0 radical (unpaired) electrons. The number of carboxylic acid groups (broad SMARTS) is 1. The van der Waals surface area contributed by atoms with Crippen LogP contribution in [0.5, 0.6) is 0 Å². The summed E-state index contributed by atoms with van der Waals surface area (Å²) in [7, 11) is 0. The van der Waals surface area contributed by atoms with E-state index in [-0.39, 0.29) is 11.0 Å². The van der Waals surface area contributed by atoms with E-state index in [1.54, 1.807) is 6.07 Å². The summed E-state index contributed by atoms with van der Waals surface area (Å²) in [5.41, 5.74) is 7.11. The molecule has 1 unspecified atom stereocenters. The van der Waals surface area contributed by atoms with Gasteiger partial charge in [-0.2, -0.15) is 0 Å². The van der Waals surface area contributed by atoms with Gasteiger partial charge in [-0.1, -0.05) is 68.8 Å². The number of hydrogen-bond donors (Lipinski definition) is 1. The fourth-order valence-corrected chi connectivity index (χ4v) is 4.17. The fraction of sp³-hybridized carbons (Fsp3) is 0.357. The van der Waals surface area contributed by atoms with Crippen LogP contribution in [0.4, 0.5) is 0 Å². The Hall–Kier alpha value is -3.14. The van der Waals surface area contributed by atoms with Gasteiger partial charge >= 0.3 is 5.97 Å². The standard InChI is InChI=1S/C28H33NO3/c1-17-8-11-21(12-9-17)26-20(4)23(22-13-10-18(2)19(3)14-22)15-25(30)29(26)24(27(31)32)16-28(5,6)7/h8-15,24H,16H2,1-7H3,(H,31,32). The monoisotopic (exact) mass is 431 g/mol. The summed E-state index contributed by atoms with van der Waals surface area (Å²) in [6, 6.07) is 14.7. The Kier molecular flexibility index (Phi) is 6.45. The minimum Gasteiger partial charge on any atom is -0.480 e. The van der Waals surface area contributed by atoms with E-state index in [2.05, 4.69) is 26.0 Å². The van der Waals surface area contributed by atoms with Crippen LogP contribution in [0.15, 0.2) is 53.3 Å². The molecule has 0 aliphatic rings. The lowest BCUT2D eigenvalue weighted by Crippen LogP contribution is -2.34. The van der Waals surface area contributed by atoms with Crippen LogP contribution in [-0.2, 0) is 4.79 Å². The molecule has 1 heterocycles. The molecule has 0 bridgehead atoms. The number of benzene rings is 2. The molecule has 0 amide bonds. The lowest BCUT2D eigenvalue weighted by Gasteiger charge is -2.28. The van der Waals surface area contributed by atoms with Crippen LogP contribution in [0, 0.1) is 33.1 Å². The zero-order valence-electron chi connectivity index (χ0n) is 20.1. The van der Waals surface area contributed by atoms with Gasteiger partial charge in [0, 0.05) is 6.07 Å². The van der Waals surface area contributed by atoms with Crippen molar-refractivity contribution in [2.45, 2.75) is 60.9 Å². The highest BCUT2D eigenvalue weighted by Crippen LogP contribution is 2.36. The normalized spacial score (nSPS) is 12.6. The fourth-order valence-electron chi connectivity index (χ4n) is 4.17. The number of rotatable bonds is 5. The maximum Gasteiger partial charge on any atom is 0.326 e. The van der Waals surface area contributed by atoms with Crippen molar-refractivity contribution in [2.75, 3.05) is 0 Å². The zero-order valence-corrected chi connectivity index (χ0v) is 20.1. The second-order valence-corrected chi connectivity index (χ2v) is 10.0. The first-order chi connectivity index (χ1) is 14.9. The van der Waals surface area contributed by atoms with E-state index in [0.29, 0.717) is 12.1 Å². The topological polar surface area (TPSA) is 59.3 Å². The van der Waals surface area contributed by atoms with Crippen LogP contribution in [0.25, 0.3) is 22.4 Å². The molecule has 2 aromatic carbocycles. The molecule has 1 aromatic heterocycles. The van der Waals surface area contributed by atoms with Crippen LogP contribution < -0.4 is 5.56 Å². The second-order valence-electron chi connectivity index (χ2n) is 10.0. The molecular weight excluding hydrogens is 398 g/mol. The molecule has 1 N–H and O–H groups in total. The van der Waals surface area contributed by atoms with E-state index in [9.17, 15) is 14.7 Å². The van der Waals surface area contributed by atoms with Crippen molar-refractivity contribution in [2.24, 2.45) is 5.41 Å². The average Bonchev–Trinajstić information content (AvgIpc) is 2.70. The van der Waals surface area contributed by atoms with Gasteiger partial charge in [0.15, 0.2) is 0 Å². The second kappa shape index (κ2) is 8.78. The quantitative estimate of drug-likeness (QED) is 0.503. The molecule has 0 aliphatic carbocycles. The van der Waals surface area contributed by atoms with Gasteiger partial charge in [-0.15, -0.1) is 0 Å². The molecule has 0 fully saturated rings. The third-order valence-corrected chi connectivity index (χ3v) is 6.05. The number of carbonyl (C=O) groups is 1. The Bertz CT molecular complexity index is 1210. The van der Waals surface area contributed by atoms with Gasteiger partial charge in [0.2, 0.25) is 0 Å². The van der Waals surface area contributed by atoms with Crippen molar-refractivity contribution >= 4 is 5.97 Å². The Morgan fingerprint density at radius 2 is 1.50 bits per heavy atom. The van der Waals surface area contributed by atoms with Crippen LogP contribution in [0.1, 0.15) is 55.5 Å². The third kappa shape index (κ3) is 4.85. The van der Waals surface area contributed by atoms with E-state index in [1.165, 1.54) is 10.1 Å². The summed E-state index contributed by atoms with van der Waals surface area (Å²) < 4.78 is 1.48. The van der Waals surface area contributed by atoms with Crippen LogP contribution in [-0.4, -0.2) is 15.6 Å². The summed E-state index contributed by atoms with van der Waals surface area (Å²) in [6.07, 6.45) is 0.351. The predicted molar refractivity (Wildman–Crippen MR) is 131 cm³/mol. The molecule has 3 rings (SSSR count). The Morgan fingerprint density at radius 3 is 2.03 bits per heavy atom. The minimum atomic E-state index is -0.992. The highest BCUT2D eigenvalue weighted by atomic mass is 16.4. The molecule has 32 heavy (non-hydrogen) atoms. The number of aryl methyl sites for hydroxylation is 3. The largest absolute Gasteiger partial charge is 0.480 e. The van der Waals surface area contributed by atoms with Crippen LogP contribution >= 0.6 is 0 Å². The molecule has 0 aliphatic heterocycles. The van der Waals surface area contributed by atoms with E-state index in [1.807, 2.05) is 65.0 Å². The van der Waals surface area contributed by atoms with Gasteiger partial charge in [-0.25, -0.2) is 4.79 Å². The summed E-state index contributed by atoms with van der Waals surface area (Å²) in [6.45, 7) is 14.1. The summed E-state index contributed by atoms with van der Waals surface area (Å²) in [5, 5.41) is 10.1. The van der Waals surface area contributed by atoms with Crippen LogP contribution in [0.2, 0.25) is 0 Å². The number of pyridine rings is 1. The highest BCUT2D eigenvalue weighted by molar-refractivity contribution is 5.79. The first-order valence-electron chi connectivity index (χ1n) is 11.0. The summed E-state index contributed by atoms with van der Waals surface area (Å²) in [5.74, 6) is -0.992. The van der Waals surface area contributed by atoms with Crippen molar-refractivity contribution in [1.82, 2.24) is 4.57 Å². The lowest BCUT2D eigenvalue weighted by molar-refractivity contribution is -0.141. The lowest BCUT2D eigenvalue weighted by atomic mass is 9.87. The van der Waals surface area contributed by atoms with Gasteiger partial charge in [0.05, 0.1) is 5.69 Å². The molecular formula is C28H33NO3. The average molecular weight is 432 g/mol. The van der Waals surface area contributed by atoms with E-state index < -0.39 is 12.0 Å². The predicted octanol–water partition coefficient (Wildman–Crippen LogP) is 6.48. The Labute approximate surface area is 190 Å². The molecule has 0 saturated heterocycles. The molecule has 0 spiro atoms. The van der Waals surface area contributed by atoms with Crippen LogP contribution in [0.3, 0.4) is 0 Å². The Balaban J connectivity index is 2.37. The Morgan fingerprint density at radius 1 is 0.906 bits per heavy atom. The van der Waals surface area contributed by atoms with E-state index in [0.717, 1.165) is 33.4 Å². The number of nitrogens with zero attached hydrogens (tertiary/aromatic N) is 1. The maximum atomic E-state index is 13.5. The number of aliphatic carboxylic acids is 1. The molecule has 1 atom stereocenters. The molecule has 3 aromatic rings. The molecule has 4 nitrogen and oxygen atoms in total. The van der Waals surface area contributed by atoms with Gasteiger partial charge < -0.3 is 5.11 Å². The van der Waals surface area contributed by atoms with Gasteiger partial charge in [-0.05, 0) is 72.9 Å². The number of carboxylic acids is 1. The van der Waals surface area contributed by atoms with E-state index in [4.69, 9.17) is 0 Å². The highest BCUT2D eigenvalue weighted by Gasteiger charge is 2.30. The van der Waals surface area contributed by atoms with Gasteiger partial charge in [-0.3, -0.25) is 9.36 Å². The van der Waals surface area contributed by atoms with Crippen molar-refractivity contribution in [3.8, 4) is 22.4 Å². The maximum absolute atomic E-state index is 13.5. The summed E-state index contributed by atoms with van der Waals surface area (Å²) >= 11 is 0. The first kappa shape index (κ1) is 23.5. The number of hydrogen-bond acceptors (Lipinski definition) is 2. The van der Waals surface area contributed by atoms with Crippen molar-refractivity contribution in [3.05, 3.63) is 81.1 Å². The third-order valence-electron chi connectivity index (χ3n) is 6.05. The first-order valence-corrected chi connectivity index (χ1v) is 11.0. The zero-order chi connectivity index (χ0) is 23.8. The smallest absolute Gasteiger partial charge is 0.326 e. The van der Waals surface area contributed by atoms with Crippen molar-refractivity contribution in [3.63, 3.8) is 0 Å². The van der Waals surface area contributed by atoms with Gasteiger partial charge in [0.1, 0.15) is 6.04 Å². The molecule has 0 saturated carbocycles. The van der Waals surface area contributed by atoms with E-state index >= 15 is 0 Å². The van der Waals surface area contributed by atoms with Crippen molar-refractivity contribution in [1.29, 1.82) is 0 Å².